The van der Waals surface area contributed by atoms with Crippen LogP contribution in [0.4, 0.5) is 5.69 Å². The Balaban J connectivity index is 2.21. The third-order valence-electron chi connectivity index (χ3n) is 2.67. The molecule has 2 aromatic rings. The fourth-order valence-corrected chi connectivity index (χ4v) is 1.81. The first-order chi connectivity index (χ1) is 9.49. The van der Waals surface area contributed by atoms with Gasteiger partial charge in [0.2, 0.25) is 0 Å². The molecule has 2 aromatic carbocycles. The third kappa shape index (κ3) is 2.86. The zero-order chi connectivity index (χ0) is 14.7. The number of carbonyl (C=O) groups is 1. The maximum atomic E-state index is 12.0. The minimum Gasteiger partial charge on any atom is -0.507 e. The quantitative estimate of drug-likeness (QED) is 0.648. The van der Waals surface area contributed by atoms with Gasteiger partial charge in [-0.15, -0.1) is 0 Å². The molecule has 5 nitrogen and oxygen atoms in total. The predicted molar refractivity (Wildman–Crippen MR) is 80.1 cm³/mol. The molecule has 0 saturated carbocycles. The van der Waals surface area contributed by atoms with Crippen molar-refractivity contribution < 1.29 is 15.0 Å². The molecule has 0 fully saturated rings. The first kappa shape index (κ1) is 13.8. The van der Waals surface area contributed by atoms with E-state index < -0.39 is 5.91 Å². The highest BCUT2D eigenvalue weighted by molar-refractivity contribution is 7.80. The summed E-state index contributed by atoms with van der Waals surface area (Å²) < 4.78 is 0. The second-order valence-corrected chi connectivity index (χ2v) is 4.51. The molecule has 6 heteroatoms. The van der Waals surface area contributed by atoms with Crippen LogP contribution in [0.3, 0.4) is 0 Å². The maximum Gasteiger partial charge on any atom is 0.263 e. The average molecular weight is 288 g/mol. The van der Waals surface area contributed by atoms with E-state index in [1.165, 1.54) is 18.2 Å². The highest BCUT2D eigenvalue weighted by atomic mass is 32.1. The number of nitrogens with one attached hydrogen (secondary N) is 1. The average Bonchev–Trinajstić information content (AvgIpc) is 2.39. The topological polar surface area (TPSA) is 95.6 Å². The summed E-state index contributed by atoms with van der Waals surface area (Å²) >= 11 is 4.83. The van der Waals surface area contributed by atoms with Gasteiger partial charge in [-0.3, -0.25) is 4.79 Å². The Morgan fingerprint density at radius 2 is 1.60 bits per heavy atom. The van der Waals surface area contributed by atoms with E-state index in [4.69, 9.17) is 18.0 Å². The Morgan fingerprint density at radius 3 is 2.10 bits per heavy atom. The molecule has 0 aromatic heterocycles. The minimum atomic E-state index is -0.608. The van der Waals surface area contributed by atoms with Gasteiger partial charge in [-0.25, -0.2) is 0 Å². The van der Waals surface area contributed by atoms with Crippen molar-refractivity contribution in [3.05, 3.63) is 53.6 Å². The van der Waals surface area contributed by atoms with E-state index in [1.807, 2.05) is 0 Å². The number of phenols is 2. The van der Waals surface area contributed by atoms with Crippen LogP contribution in [-0.2, 0) is 0 Å². The molecule has 0 unspecified atom stereocenters. The van der Waals surface area contributed by atoms with Gasteiger partial charge in [-0.2, -0.15) is 0 Å². The number of benzene rings is 2. The number of carbonyl (C=O) groups excluding carboxylic acids is 1. The van der Waals surface area contributed by atoms with Crippen LogP contribution in [0.2, 0.25) is 0 Å². The number of amides is 1. The lowest BCUT2D eigenvalue weighted by molar-refractivity contribution is 0.102. The van der Waals surface area contributed by atoms with Crippen LogP contribution < -0.4 is 11.1 Å². The molecule has 102 valence electrons. The fourth-order valence-electron chi connectivity index (χ4n) is 1.67. The van der Waals surface area contributed by atoms with E-state index in [2.05, 4.69) is 5.32 Å². The van der Waals surface area contributed by atoms with E-state index in [0.717, 1.165) is 0 Å². The third-order valence-corrected chi connectivity index (χ3v) is 2.91. The number of hydrogen-bond acceptors (Lipinski definition) is 4. The Bertz CT molecular complexity index is 648. The number of aromatic hydroxyl groups is 2. The lowest BCUT2D eigenvalue weighted by atomic mass is 10.1. The van der Waals surface area contributed by atoms with Crippen molar-refractivity contribution >= 4 is 28.8 Å². The van der Waals surface area contributed by atoms with E-state index in [1.54, 1.807) is 24.3 Å². The molecule has 5 N–H and O–H groups in total. The number of thiocarbonyl (C=S) groups is 1. The second kappa shape index (κ2) is 5.58. The van der Waals surface area contributed by atoms with Crippen molar-refractivity contribution in [3.8, 4) is 11.5 Å². The largest absolute Gasteiger partial charge is 0.507 e. The Hall–Kier alpha value is -2.60. The summed E-state index contributed by atoms with van der Waals surface area (Å²) in [5.41, 5.74) is 6.48. The summed E-state index contributed by atoms with van der Waals surface area (Å²) in [5, 5.41) is 21.8. The molecule has 0 heterocycles. The smallest absolute Gasteiger partial charge is 0.263 e. The minimum absolute atomic E-state index is 0.175. The second-order valence-electron chi connectivity index (χ2n) is 4.07. The molecule has 0 spiro atoms. The fraction of sp³-hybridized carbons (Fsp3) is 0. The summed E-state index contributed by atoms with van der Waals surface area (Å²) in [5.74, 6) is -1.19. The van der Waals surface area contributed by atoms with E-state index in [0.29, 0.717) is 11.3 Å². The zero-order valence-corrected chi connectivity index (χ0v) is 11.1. The zero-order valence-electron chi connectivity index (χ0n) is 10.3. The van der Waals surface area contributed by atoms with Gasteiger partial charge in [0.05, 0.1) is 0 Å². The molecule has 0 aliphatic rings. The number of phenolic OH excluding ortho intramolecular Hbond substituents is 2. The maximum absolute atomic E-state index is 12.0. The van der Waals surface area contributed by atoms with Gasteiger partial charge in [0.25, 0.3) is 5.91 Å². The lowest BCUT2D eigenvalue weighted by Gasteiger charge is -2.08. The molecule has 0 aliphatic heterocycles. The van der Waals surface area contributed by atoms with Gasteiger partial charge >= 0.3 is 0 Å². The predicted octanol–water partition coefficient (Wildman–Crippen LogP) is 1.98. The van der Waals surface area contributed by atoms with E-state index in [-0.39, 0.29) is 22.1 Å². The normalized spacial score (nSPS) is 10.0. The first-order valence-electron chi connectivity index (χ1n) is 5.71. The SMILES string of the molecule is NC(=S)c1ccc(NC(=O)c2c(O)cccc2O)cc1. The van der Waals surface area contributed by atoms with Crippen LogP contribution in [-0.4, -0.2) is 21.1 Å². The number of hydrogen-bond donors (Lipinski definition) is 4. The molecule has 0 aliphatic carbocycles. The van der Waals surface area contributed by atoms with Crippen molar-refractivity contribution in [2.24, 2.45) is 5.73 Å². The van der Waals surface area contributed by atoms with Gasteiger partial charge in [0, 0.05) is 11.3 Å². The molecule has 2 rings (SSSR count). The monoisotopic (exact) mass is 288 g/mol. The van der Waals surface area contributed by atoms with Crippen LogP contribution >= 0.6 is 12.2 Å². The van der Waals surface area contributed by atoms with Gasteiger partial charge < -0.3 is 21.3 Å². The molecular weight excluding hydrogens is 276 g/mol. The first-order valence-corrected chi connectivity index (χ1v) is 6.12. The summed E-state index contributed by atoms with van der Waals surface area (Å²) in [7, 11) is 0. The summed E-state index contributed by atoms with van der Waals surface area (Å²) in [6, 6.07) is 10.7. The van der Waals surface area contributed by atoms with Gasteiger partial charge in [-0.1, -0.05) is 18.3 Å². The molecule has 0 saturated heterocycles. The van der Waals surface area contributed by atoms with E-state index in [9.17, 15) is 15.0 Å². The summed E-state index contributed by atoms with van der Waals surface area (Å²) in [6.07, 6.45) is 0. The highest BCUT2D eigenvalue weighted by Crippen LogP contribution is 2.27. The van der Waals surface area contributed by atoms with Crippen molar-refractivity contribution in [1.29, 1.82) is 0 Å². The Labute approximate surface area is 120 Å². The Kier molecular flexibility index (Phi) is 3.86. The molecule has 0 atom stereocenters. The Morgan fingerprint density at radius 1 is 1.05 bits per heavy atom. The van der Waals surface area contributed by atoms with Crippen LogP contribution in [0.25, 0.3) is 0 Å². The van der Waals surface area contributed by atoms with Gasteiger partial charge in [-0.05, 0) is 36.4 Å². The van der Waals surface area contributed by atoms with Crippen LogP contribution in [0.1, 0.15) is 15.9 Å². The lowest BCUT2D eigenvalue weighted by Crippen LogP contribution is -2.13. The number of rotatable bonds is 3. The number of anilines is 1. The van der Waals surface area contributed by atoms with Crippen molar-refractivity contribution in [1.82, 2.24) is 0 Å². The molecule has 0 bridgehead atoms. The van der Waals surface area contributed by atoms with Crippen LogP contribution in [0.15, 0.2) is 42.5 Å². The van der Waals surface area contributed by atoms with Crippen LogP contribution in [0, 0.1) is 0 Å². The summed E-state index contributed by atoms with van der Waals surface area (Å²) in [4.78, 5) is 12.3. The van der Waals surface area contributed by atoms with Crippen LogP contribution in [0.5, 0.6) is 11.5 Å². The van der Waals surface area contributed by atoms with Gasteiger partial charge in [0.1, 0.15) is 22.1 Å². The van der Waals surface area contributed by atoms with Crippen molar-refractivity contribution in [2.45, 2.75) is 0 Å². The molecule has 0 radical (unpaired) electrons. The highest BCUT2D eigenvalue weighted by Gasteiger charge is 2.16. The molecule has 1 amide bonds. The van der Waals surface area contributed by atoms with Crippen molar-refractivity contribution in [3.63, 3.8) is 0 Å². The summed E-state index contributed by atoms with van der Waals surface area (Å²) in [6.45, 7) is 0. The van der Waals surface area contributed by atoms with E-state index >= 15 is 0 Å². The molecular formula is C14H12N2O3S. The number of nitrogens with two attached hydrogens (primary N) is 1. The van der Waals surface area contributed by atoms with Crippen molar-refractivity contribution in [2.75, 3.05) is 5.32 Å². The standard InChI is InChI=1S/C14H12N2O3S/c15-13(20)8-4-6-9(7-5-8)16-14(19)12-10(17)2-1-3-11(12)18/h1-7,17-18H,(H2,15,20)(H,16,19). The molecule has 20 heavy (non-hydrogen) atoms. The van der Waals surface area contributed by atoms with Gasteiger partial charge in [0.15, 0.2) is 0 Å².